The summed E-state index contributed by atoms with van der Waals surface area (Å²) in [7, 11) is 0. The minimum absolute atomic E-state index is 0.623. The molecule has 0 radical (unpaired) electrons. The van der Waals surface area contributed by atoms with Crippen LogP contribution >= 0.6 is 0 Å². The van der Waals surface area contributed by atoms with Gasteiger partial charge in [-0.15, -0.1) is 0 Å². The zero-order chi connectivity index (χ0) is 26.9. The predicted molar refractivity (Wildman–Crippen MR) is 111 cm³/mol. The molecule has 3 rings (SSSR count). The van der Waals surface area contributed by atoms with Crippen molar-refractivity contribution in [2.45, 2.75) is 106 Å². The third-order valence-electron chi connectivity index (χ3n) is 6.46. The van der Waals surface area contributed by atoms with E-state index in [9.17, 15) is 50.8 Å². The van der Waals surface area contributed by atoms with Crippen LogP contribution in [-0.4, -0.2) is 157 Å². The molecule has 0 aromatic rings. The standard InChI is InChI=1S/C20H35NO15/c1-5-10(25)13(28)17(18(31)32-5)36-20-15(30)14(29)16(8(4-23)34-20)35-19-9(21-6(2)24)12(27)11(26)7(3-22)33-19/h5,7-20,22-23,25-31H,3-4H2,1-2H3,(H,21,24)/t5-,7+,8+,9-,10-,11+,12+,13+,14+,15+,16+,17+,18-,19+,20+/m0/s1. The minimum atomic E-state index is -1.89. The lowest BCUT2D eigenvalue weighted by Gasteiger charge is -2.48. The van der Waals surface area contributed by atoms with Gasteiger partial charge < -0.3 is 75.0 Å². The molecule has 210 valence electrons. The number of amides is 1. The SMILES string of the molecule is CC(=O)N[C@@H]1[C@@H](O[C@H]2[C@H](O)[C@@H](O)[C@@H](O[C@@H]3[C@H](O)[C@@H](O)[C@H](C)O[C@@H]3O)O[C@@H]2CO)O[C@H](CO)[C@@H](O)[C@@H]1O. The van der Waals surface area contributed by atoms with Crippen molar-refractivity contribution in [3.63, 3.8) is 0 Å². The van der Waals surface area contributed by atoms with Gasteiger partial charge in [0.15, 0.2) is 18.9 Å². The highest BCUT2D eigenvalue weighted by Gasteiger charge is 2.53. The second-order valence-electron chi connectivity index (χ2n) is 9.05. The van der Waals surface area contributed by atoms with Gasteiger partial charge in [-0.2, -0.15) is 0 Å². The number of nitrogens with one attached hydrogen (secondary N) is 1. The molecule has 0 aromatic carbocycles. The molecule has 16 heteroatoms. The number of aliphatic hydroxyl groups excluding tert-OH is 9. The Morgan fingerprint density at radius 2 is 1.28 bits per heavy atom. The largest absolute Gasteiger partial charge is 0.394 e. The van der Waals surface area contributed by atoms with Crippen LogP contribution in [0.4, 0.5) is 0 Å². The molecule has 0 saturated carbocycles. The first kappa shape index (κ1) is 29.5. The second-order valence-corrected chi connectivity index (χ2v) is 9.05. The summed E-state index contributed by atoms with van der Waals surface area (Å²) in [6, 6.07) is -1.37. The Labute approximate surface area is 205 Å². The van der Waals surface area contributed by atoms with Gasteiger partial charge in [0, 0.05) is 6.92 Å². The normalized spacial score (nSPS) is 50.0. The summed E-state index contributed by atoms with van der Waals surface area (Å²) in [5, 5.41) is 93.9. The van der Waals surface area contributed by atoms with Crippen molar-refractivity contribution in [3.8, 4) is 0 Å². The number of carbonyl (C=O) groups is 1. The van der Waals surface area contributed by atoms with Crippen LogP contribution in [0.3, 0.4) is 0 Å². The number of aliphatic hydroxyl groups is 9. The maximum absolute atomic E-state index is 11.6. The van der Waals surface area contributed by atoms with Crippen LogP contribution in [0.2, 0.25) is 0 Å². The van der Waals surface area contributed by atoms with Crippen LogP contribution in [0.1, 0.15) is 13.8 Å². The van der Waals surface area contributed by atoms with E-state index in [-0.39, 0.29) is 0 Å². The molecule has 16 nitrogen and oxygen atoms in total. The third kappa shape index (κ3) is 5.97. The molecule has 0 bridgehead atoms. The fraction of sp³-hybridized carbons (Fsp3) is 0.950. The molecule has 3 aliphatic rings. The summed E-state index contributed by atoms with van der Waals surface area (Å²) >= 11 is 0. The highest BCUT2D eigenvalue weighted by molar-refractivity contribution is 5.73. The Hall–Kier alpha value is -1.09. The van der Waals surface area contributed by atoms with Gasteiger partial charge in [0.25, 0.3) is 0 Å². The van der Waals surface area contributed by atoms with Crippen molar-refractivity contribution < 1.29 is 74.4 Å². The molecule has 3 fully saturated rings. The molecule has 15 atom stereocenters. The maximum atomic E-state index is 11.6. The smallest absolute Gasteiger partial charge is 0.217 e. The van der Waals surface area contributed by atoms with Gasteiger partial charge in [0.05, 0.1) is 19.3 Å². The zero-order valence-electron chi connectivity index (χ0n) is 19.5. The lowest BCUT2D eigenvalue weighted by molar-refractivity contribution is -0.375. The number of hydrogen-bond donors (Lipinski definition) is 10. The fourth-order valence-electron chi connectivity index (χ4n) is 4.40. The Morgan fingerprint density at radius 1 is 0.722 bits per heavy atom. The van der Waals surface area contributed by atoms with E-state index < -0.39 is 111 Å². The van der Waals surface area contributed by atoms with Crippen LogP contribution in [-0.2, 0) is 28.5 Å². The molecule has 0 aliphatic carbocycles. The predicted octanol–water partition coefficient (Wildman–Crippen LogP) is -6.40. The Bertz CT molecular complexity index is 729. The first-order valence-electron chi connectivity index (χ1n) is 11.4. The van der Waals surface area contributed by atoms with Gasteiger partial charge in [-0.3, -0.25) is 4.79 Å². The number of carbonyl (C=O) groups excluding carboxylic acids is 1. The van der Waals surface area contributed by atoms with Crippen molar-refractivity contribution >= 4 is 5.91 Å². The summed E-state index contributed by atoms with van der Waals surface area (Å²) in [4.78, 5) is 11.6. The number of rotatable bonds is 7. The molecule has 0 spiro atoms. The molecule has 3 heterocycles. The van der Waals surface area contributed by atoms with Crippen molar-refractivity contribution in [1.29, 1.82) is 0 Å². The summed E-state index contributed by atoms with van der Waals surface area (Å²) in [6.07, 6.45) is -21.9. The van der Waals surface area contributed by atoms with Crippen LogP contribution < -0.4 is 5.32 Å². The molecule has 0 unspecified atom stereocenters. The van der Waals surface area contributed by atoms with E-state index in [1.807, 2.05) is 0 Å². The van der Waals surface area contributed by atoms with Crippen molar-refractivity contribution in [2.75, 3.05) is 13.2 Å². The quantitative estimate of drug-likeness (QED) is 0.147. The monoisotopic (exact) mass is 529 g/mol. The molecule has 10 N–H and O–H groups in total. The Kier molecular flexibility index (Phi) is 9.97. The first-order valence-corrected chi connectivity index (χ1v) is 11.4. The lowest BCUT2D eigenvalue weighted by atomic mass is 9.95. The van der Waals surface area contributed by atoms with Crippen LogP contribution in [0.25, 0.3) is 0 Å². The first-order chi connectivity index (χ1) is 16.9. The minimum Gasteiger partial charge on any atom is -0.394 e. The second kappa shape index (κ2) is 12.2. The topological polar surface area (TPSA) is 257 Å². The average molecular weight is 529 g/mol. The summed E-state index contributed by atoms with van der Waals surface area (Å²) in [6.45, 7) is 1.01. The number of hydrogen-bond acceptors (Lipinski definition) is 15. The lowest BCUT2D eigenvalue weighted by Crippen LogP contribution is -2.68. The summed E-state index contributed by atoms with van der Waals surface area (Å²) < 4.78 is 27.0. The van der Waals surface area contributed by atoms with Crippen LogP contribution in [0.15, 0.2) is 0 Å². The van der Waals surface area contributed by atoms with Gasteiger partial charge in [-0.05, 0) is 6.92 Å². The molecule has 1 amide bonds. The van der Waals surface area contributed by atoms with Crippen LogP contribution in [0, 0.1) is 0 Å². The van der Waals surface area contributed by atoms with Gasteiger partial charge in [-0.1, -0.05) is 0 Å². The highest BCUT2D eigenvalue weighted by atomic mass is 16.8. The van der Waals surface area contributed by atoms with E-state index >= 15 is 0 Å². The van der Waals surface area contributed by atoms with E-state index in [0.717, 1.165) is 6.92 Å². The summed E-state index contributed by atoms with van der Waals surface area (Å²) in [5.41, 5.74) is 0. The molecular weight excluding hydrogens is 494 g/mol. The third-order valence-corrected chi connectivity index (χ3v) is 6.46. The van der Waals surface area contributed by atoms with E-state index in [1.54, 1.807) is 0 Å². The van der Waals surface area contributed by atoms with E-state index in [0.29, 0.717) is 0 Å². The van der Waals surface area contributed by atoms with Gasteiger partial charge >= 0.3 is 0 Å². The van der Waals surface area contributed by atoms with Crippen molar-refractivity contribution in [3.05, 3.63) is 0 Å². The molecule has 3 saturated heterocycles. The Morgan fingerprint density at radius 3 is 1.86 bits per heavy atom. The zero-order valence-corrected chi connectivity index (χ0v) is 19.5. The van der Waals surface area contributed by atoms with E-state index in [2.05, 4.69) is 5.32 Å². The number of ether oxygens (including phenoxy) is 5. The molecule has 36 heavy (non-hydrogen) atoms. The van der Waals surface area contributed by atoms with Gasteiger partial charge in [-0.25, -0.2) is 0 Å². The molecular formula is C20H35NO15. The Balaban J connectivity index is 1.75. The maximum Gasteiger partial charge on any atom is 0.217 e. The summed E-state index contributed by atoms with van der Waals surface area (Å²) in [5.74, 6) is -0.623. The van der Waals surface area contributed by atoms with Crippen LogP contribution in [0.5, 0.6) is 0 Å². The van der Waals surface area contributed by atoms with Crippen molar-refractivity contribution in [1.82, 2.24) is 5.32 Å². The van der Waals surface area contributed by atoms with Gasteiger partial charge in [0.1, 0.15) is 67.1 Å². The van der Waals surface area contributed by atoms with Gasteiger partial charge in [0.2, 0.25) is 5.91 Å². The fourth-order valence-corrected chi connectivity index (χ4v) is 4.40. The molecule has 3 aliphatic heterocycles. The highest BCUT2D eigenvalue weighted by Crippen LogP contribution is 2.32. The van der Waals surface area contributed by atoms with E-state index in [1.165, 1.54) is 6.92 Å². The van der Waals surface area contributed by atoms with E-state index in [4.69, 9.17) is 23.7 Å². The molecule has 0 aromatic heterocycles. The average Bonchev–Trinajstić information content (AvgIpc) is 2.83. The van der Waals surface area contributed by atoms with Crippen molar-refractivity contribution in [2.24, 2.45) is 0 Å².